The molecule has 1 saturated heterocycles. The first-order valence-corrected chi connectivity index (χ1v) is 8.33. The Morgan fingerprint density at radius 1 is 1.15 bits per heavy atom. The van der Waals surface area contributed by atoms with Gasteiger partial charge in [-0.3, -0.25) is 9.69 Å². The van der Waals surface area contributed by atoms with Crippen LogP contribution in [-0.2, 0) is 4.79 Å². The Kier molecular flexibility index (Phi) is 5.85. The van der Waals surface area contributed by atoms with E-state index in [1.54, 1.807) is 0 Å². The van der Waals surface area contributed by atoms with E-state index < -0.39 is 0 Å². The van der Waals surface area contributed by atoms with Crippen LogP contribution in [0.1, 0.15) is 46.0 Å². The van der Waals surface area contributed by atoms with E-state index in [1.165, 1.54) is 19.4 Å². The number of hydrogen-bond donors (Lipinski definition) is 1. The van der Waals surface area contributed by atoms with E-state index >= 15 is 0 Å². The molecule has 0 bridgehead atoms. The molecule has 20 heavy (non-hydrogen) atoms. The summed E-state index contributed by atoms with van der Waals surface area (Å²) in [7, 11) is 0. The van der Waals surface area contributed by atoms with E-state index in [-0.39, 0.29) is 12.0 Å². The molecular formula is C16H31N3O. The number of nitrogens with two attached hydrogens (primary N) is 1. The van der Waals surface area contributed by atoms with Gasteiger partial charge < -0.3 is 10.6 Å². The minimum Gasteiger partial charge on any atom is -0.340 e. The second-order valence-electron chi connectivity index (χ2n) is 6.88. The zero-order valence-corrected chi connectivity index (χ0v) is 13.2. The van der Waals surface area contributed by atoms with Crippen LogP contribution in [-0.4, -0.2) is 54.5 Å². The Balaban J connectivity index is 1.64. The lowest BCUT2D eigenvalue weighted by Crippen LogP contribution is -2.50. The molecule has 4 heteroatoms. The van der Waals surface area contributed by atoms with Gasteiger partial charge in [0.15, 0.2) is 0 Å². The third-order valence-electron chi connectivity index (χ3n) is 4.62. The Morgan fingerprint density at radius 2 is 1.80 bits per heavy atom. The smallest absolute Gasteiger partial charge is 0.225 e. The lowest BCUT2D eigenvalue weighted by molar-refractivity contribution is -0.137. The topological polar surface area (TPSA) is 49.6 Å². The van der Waals surface area contributed by atoms with Crippen LogP contribution < -0.4 is 5.73 Å². The molecule has 116 valence electrons. The SMILES string of the molecule is CC(N)CCCC(C)C(=O)N1CCN(CC2CC2)CC1. The van der Waals surface area contributed by atoms with Gasteiger partial charge in [-0.15, -0.1) is 0 Å². The fourth-order valence-corrected chi connectivity index (χ4v) is 3.00. The highest BCUT2D eigenvalue weighted by Crippen LogP contribution is 2.30. The van der Waals surface area contributed by atoms with Crippen molar-refractivity contribution in [2.45, 2.75) is 52.0 Å². The molecule has 0 radical (unpaired) electrons. The predicted molar refractivity (Wildman–Crippen MR) is 82.4 cm³/mol. The summed E-state index contributed by atoms with van der Waals surface area (Å²) in [5.41, 5.74) is 5.76. The molecule has 4 nitrogen and oxygen atoms in total. The summed E-state index contributed by atoms with van der Waals surface area (Å²) in [5.74, 6) is 1.46. The molecule has 2 unspecified atom stereocenters. The molecule has 1 heterocycles. The van der Waals surface area contributed by atoms with Crippen molar-refractivity contribution in [3.8, 4) is 0 Å². The van der Waals surface area contributed by atoms with Gasteiger partial charge in [0.1, 0.15) is 0 Å². The Bertz CT molecular complexity index is 307. The molecule has 0 aromatic carbocycles. The Labute approximate surface area is 123 Å². The maximum atomic E-state index is 12.4. The predicted octanol–water partition coefficient (Wildman–Crippen LogP) is 1.69. The summed E-state index contributed by atoms with van der Waals surface area (Å²) in [5, 5.41) is 0. The van der Waals surface area contributed by atoms with Gasteiger partial charge >= 0.3 is 0 Å². The van der Waals surface area contributed by atoms with Gasteiger partial charge in [-0.25, -0.2) is 0 Å². The molecule has 1 aliphatic heterocycles. The number of hydrogen-bond acceptors (Lipinski definition) is 3. The lowest BCUT2D eigenvalue weighted by Gasteiger charge is -2.36. The van der Waals surface area contributed by atoms with Crippen LogP contribution in [0.4, 0.5) is 0 Å². The summed E-state index contributed by atoms with van der Waals surface area (Å²) in [6.07, 6.45) is 5.88. The monoisotopic (exact) mass is 281 g/mol. The first-order chi connectivity index (χ1) is 9.56. The lowest BCUT2D eigenvalue weighted by atomic mass is 10.0. The maximum absolute atomic E-state index is 12.4. The van der Waals surface area contributed by atoms with E-state index in [0.717, 1.165) is 51.4 Å². The van der Waals surface area contributed by atoms with Crippen molar-refractivity contribution in [2.75, 3.05) is 32.7 Å². The second kappa shape index (κ2) is 7.41. The van der Waals surface area contributed by atoms with Gasteiger partial charge in [-0.05, 0) is 38.5 Å². The van der Waals surface area contributed by atoms with Crippen molar-refractivity contribution in [1.82, 2.24) is 9.80 Å². The van der Waals surface area contributed by atoms with Crippen molar-refractivity contribution in [1.29, 1.82) is 0 Å². The van der Waals surface area contributed by atoms with Crippen LogP contribution >= 0.6 is 0 Å². The zero-order chi connectivity index (χ0) is 14.5. The van der Waals surface area contributed by atoms with Crippen molar-refractivity contribution in [2.24, 2.45) is 17.6 Å². The van der Waals surface area contributed by atoms with Crippen LogP contribution in [0.15, 0.2) is 0 Å². The average molecular weight is 281 g/mol. The third kappa shape index (κ3) is 5.06. The summed E-state index contributed by atoms with van der Waals surface area (Å²) >= 11 is 0. The summed E-state index contributed by atoms with van der Waals surface area (Å²) < 4.78 is 0. The van der Waals surface area contributed by atoms with Gasteiger partial charge in [0.25, 0.3) is 0 Å². The van der Waals surface area contributed by atoms with Gasteiger partial charge in [0.2, 0.25) is 5.91 Å². The second-order valence-corrected chi connectivity index (χ2v) is 6.88. The highest BCUT2D eigenvalue weighted by atomic mass is 16.2. The zero-order valence-electron chi connectivity index (χ0n) is 13.2. The first kappa shape index (κ1) is 15.8. The molecule has 0 aromatic heterocycles. The number of rotatable bonds is 7. The molecular weight excluding hydrogens is 250 g/mol. The molecule has 2 atom stereocenters. The molecule has 0 aromatic rings. The van der Waals surface area contributed by atoms with Crippen molar-refractivity contribution in [3.63, 3.8) is 0 Å². The number of carbonyl (C=O) groups is 1. The quantitative estimate of drug-likeness (QED) is 0.772. The highest BCUT2D eigenvalue weighted by Gasteiger charge is 2.28. The first-order valence-electron chi connectivity index (χ1n) is 8.33. The van der Waals surface area contributed by atoms with Crippen LogP contribution in [0, 0.1) is 11.8 Å². The number of nitrogens with zero attached hydrogens (tertiary/aromatic N) is 2. The Hall–Kier alpha value is -0.610. The normalized spacial score (nSPS) is 23.6. The molecule has 2 aliphatic rings. The van der Waals surface area contributed by atoms with Crippen molar-refractivity contribution in [3.05, 3.63) is 0 Å². The van der Waals surface area contributed by atoms with Crippen LogP contribution in [0.5, 0.6) is 0 Å². The highest BCUT2D eigenvalue weighted by molar-refractivity contribution is 5.78. The molecule has 2 N–H and O–H groups in total. The third-order valence-corrected chi connectivity index (χ3v) is 4.62. The largest absolute Gasteiger partial charge is 0.340 e. The number of carbonyl (C=O) groups excluding carboxylic acids is 1. The van der Waals surface area contributed by atoms with E-state index in [9.17, 15) is 4.79 Å². The minimum absolute atomic E-state index is 0.156. The van der Waals surface area contributed by atoms with Gasteiger partial charge in [-0.1, -0.05) is 13.3 Å². The minimum atomic E-state index is 0.156. The van der Waals surface area contributed by atoms with Gasteiger partial charge in [0, 0.05) is 44.7 Å². The standard InChI is InChI=1S/C16H31N3O/c1-13(4-3-5-14(2)17)16(20)19-10-8-18(9-11-19)12-15-6-7-15/h13-15H,3-12,17H2,1-2H3. The molecule has 0 spiro atoms. The van der Waals surface area contributed by atoms with Crippen LogP contribution in [0.2, 0.25) is 0 Å². The van der Waals surface area contributed by atoms with Crippen LogP contribution in [0.3, 0.4) is 0 Å². The summed E-state index contributed by atoms with van der Waals surface area (Å²) in [4.78, 5) is 17.0. The molecule has 1 amide bonds. The van der Waals surface area contributed by atoms with Gasteiger partial charge in [-0.2, -0.15) is 0 Å². The molecule has 1 aliphatic carbocycles. The molecule has 2 fully saturated rings. The average Bonchev–Trinajstić information content (AvgIpc) is 3.22. The molecule has 1 saturated carbocycles. The summed E-state index contributed by atoms with van der Waals surface area (Å²) in [6, 6.07) is 0.253. The van der Waals surface area contributed by atoms with E-state index in [2.05, 4.69) is 16.7 Å². The van der Waals surface area contributed by atoms with Crippen LogP contribution in [0.25, 0.3) is 0 Å². The fraction of sp³-hybridized carbons (Fsp3) is 0.938. The van der Waals surface area contributed by atoms with Crippen molar-refractivity contribution < 1.29 is 4.79 Å². The summed E-state index contributed by atoms with van der Waals surface area (Å²) in [6.45, 7) is 9.33. The maximum Gasteiger partial charge on any atom is 0.225 e. The number of amides is 1. The van der Waals surface area contributed by atoms with E-state index in [0.29, 0.717) is 5.91 Å². The Morgan fingerprint density at radius 3 is 2.35 bits per heavy atom. The van der Waals surface area contributed by atoms with E-state index in [4.69, 9.17) is 5.73 Å². The van der Waals surface area contributed by atoms with Crippen molar-refractivity contribution >= 4 is 5.91 Å². The molecule has 2 rings (SSSR count). The fourth-order valence-electron chi connectivity index (χ4n) is 3.00. The number of piperazine rings is 1. The van der Waals surface area contributed by atoms with E-state index in [1.807, 2.05) is 6.92 Å². The van der Waals surface area contributed by atoms with Gasteiger partial charge in [0.05, 0.1) is 0 Å².